The van der Waals surface area contributed by atoms with E-state index in [-0.39, 0.29) is 44.1 Å². The van der Waals surface area contributed by atoms with Crippen LogP contribution in [0.25, 0.3) is 0 Å². The second-order valence-electron chi connectivity index (χ2n) is 16.5. The molecule has 0 saturated heterocycles. The van der Waals surface area contributed by atoms with Crippen LogP contribution in [-0.4, -0.2) is 114 Å². The van der Waals surface area contributed by atoms with Crippen LogP contribution in [0, 0.1) is 17.8 Å². The first-order valence-corrected chi connectivity index (χ1v) is 21.2. The minimum Gasteiger partial charge on any atom is -0.480 e. The predicted octanol–water partition coefficient (Wildman–Crippen LogP) is -0.292. The van der Waals surface area contributed by atoms with E-state index in [0.717, 1.165) is 43.2 Å². The van der Waals surface area contributed by atoms with Crippen molar-refractivity contribution in [1.82, 2.24) is 31.9 Å². The zero-order valence-electron chi connectivity index (χ0n) is 36.9. The zero-order valence-corrected chi connectivity index (χ0v) is 36.9. The van der Waals surface area contributed by atoms with Crippen molar-refractivity contribution in [3.63, 3.8) is 0 Å². The van der Waals surface area contributed by atoms with Crippen molar-refractivity contribution in [2.24, 2.45) is 39.9 Å². The summed E-state index contributed by atoms with van der Waals surface area (Å²) < 4.78 is 0. The van der Waals surface area contributed by atoms with Gasteiger partial charge in [-0.05, 0) is 61.0 Å². The number of carboxylic acids is 1. The molecule has 1 aromatic rings. The summed E-state index contributed by atoms with van der Waals surface area (Å²) in [6, 6.07) is 0.531. The molecule has 19 nitrogen and oxygen atoms in total. The number of aliphatic imine (C=N–C) groups is 1. The lowest BCUT2D eigenvalue weighted by Gasteiger charge is -2.29. The van der Waals surface area contributed by atoms with Gasteiger partial charge in [0.25, 0.3) is 0 Å². The average Bonchev–Trinajstić information content (AvgIpc) is 3.19. The quantitative estimate of drug-likeness (QED) is 0.0281. The molecule has 344 valence electrons. The maximum Gasteiger partial charge on any atom is 0.326 e. The molecule has 0 aliphatic heterocycles. The fourth-order valence-corrected chi connectivity index (χ4v) is 6.23. The Bertz CT molecular complexity index is 1600. The van der Waals surface area contributed by atoms with Gasteiger partial charge in [-0.3, -0.25) is 33.8 Å². The number of carboxylic acid groups (broad SMARTS) is 1. The number of guanidine groups is 1. The number of rotatable bonds is 29. The first-order valence-electron chi connectivity index (χ1n) is 21.2. The van der Waals surface area contributed by atoms with Crippen LogP contribution in [0.3, 0.4) is 0 Å². The molecule has 0 spiro atoms. The second-order valence-corrected chi connectivity index (χ2v) is 16.5. The molecule has 6 atom stereocenters. The number of aliphatic hydroxyl groups is 1. The number of carbonyl (C=O) groups is 7. The average molecular weight is 861 g/mol. The normalized spacial score (nSPS) is 14.2. The van der Waals surface area contributed by atoms with Crippen LogP contribution in [0.5, 0.6) is 0 Å². The number of nitrogens with zero attached hydrogens (tertiary/aromatic N) is 1. The van der Waals surface area contributed by atoms with Crippen molar-refractivity contribution in [3.8, 4) is 0 Å². The van der Waals surface area contributed by atoms with E-state index >= 15 is 0 Å². The van der Waals surface area contributed by atoms with Crippen LogP contribution in [-0.2, 0) is 46.4 Å². The number of unbranched alkanes of at least 4 members (excludes halogenated alkanes) is 3. The van der Waals surface area contributed by atoms with Crippen LogP contribution in [0.4, 0.5) is 0 Å². The zero-order chi connectivity index (χ0) is 46.2. The number of hydrogen-bond acceptors (Lipinski definition) is 10. The minimum atomic E-state index is -1.27. The summed E-state index contributed by atoms with van der Waals surface area (Å²) in [5, 5.41) is 34.5. The molecule has 19 heteroatoms. The Hall–Kier alpha value is -5.30. The summed E-state index contributed by atoms with van der Waals surface area (Å²) in [6.07, 6.45) is 5.79. The first kappa shape index (κ1) is 53.7. The summed E-state index contributed by atoms with van der Waals surface area (Å²) >= 11 is 0. The number of hydrogen-bond donors (Lipinski definition) is 11. The van der Waals surface area contributed by atoms with Gasteiger partial charge in [-0.25, -0.2) is 4.79 Å². The van der Waals surface area contributed by atoms with E-state index in [9.17, 15) is 43.8 Å². The van der Waals surface area contributed by atoms with Crippen molar-refractivity contribution in [1.29, 1.82) is 0 Å². The van der Waals surface area contributed by atoms with E-state index in [0.29, 0.717) is 0 Å². The number of aliphatic carboxylic acids is 1. The highest BCUT2D eigenvalue weighted by atomic mass is 16.4. The van der Waals surface area contributed by atoms with Gasteiger partial charge in [-0.15, -0.1) is 0 Å². The van der Waals surface area contributed by atoms with Gasteiger partial charge < -0.3 is 59.3 Å². The molecule has 1 rings (SSSR count). The smallest absolute Gasteiger partial charge is 0.326 e. The highest BCUT2D eigenvalue weighted by Gasteiger charge is 2.34. The van der Waals surface area contributed by atoms with Crippen LogP contribution < -0.4 is 49.1 Å². The molecular weight excluding hydrogens is 789 g/mol. The summed E-state index contributed by atoms with van der Waals surface area (Å²) in [6.45, 7) is 11.5. The van der Waals surface area contributed by atoms with Gasteiger partial charge in [0.1, 0.15) is 36.3 Å². The standard InChI is InChI=1S/C42H72N10O9/c1-8-9-10-11-13-27-15-17-28(18-16-27)21-32(50-39(58)34(25(4)5)52-40(59)35(26(6)7)51-36(55)29(43)23-53)37(56)47-22-33(54)48-31(20-24(2)3)38(57)49-30(41(60)61)14-12-19-46-42(44)45/h15-18,24-26,29-32,34-35,53H,8-14,19-23,43H2,1-7H3,(H,47,56)(H,48,54)(H,49,57)(H,50,58)(H,51,55)(H,52,59)(H,60,61)(H4,44,45,46)/t29-,30-,31-,32-,34-,35-/m0/s1. The molecular formula is C42H72N10O9. The van der Waals surface area contributed by atoms with Gasteiger partial charge in [-0.2, -0.15) is 0 Å². The molecule has 0 aliphatic carbocycles. The lowest BCUT2D eigenvalue weighted by atomic mass is 9.98. The van der Waals surface area contributed by atoms with Gasteiger partial charge >= 0.3 is 5.97 Å². The largest absolute Gasteiger partial charge is 0.480 e. The second kappa shape index (κ2) is 28.3. The van der Waals surface area contributed by atoms with E-state index in [4.69, 9.17) is 17.2 Å². The fourth-order valence-electron chi connectivity index (χ4n) is 6.23. The molecule has 14 N–H and O–H groups in total. The van der Waals surface area contributed by atoms with Crippen molar-refractivity contribution in [2.45, 2.75) is 143 Å². The molecule has 0 aliphatic rings. The Kier molecular flexibility index (Phi) is 24.9. The summed E-state index contributed by atoms with van der Waals surface area (Å²) in [5.41, 5.74) is 18.1. The maximum atomic E-state index is 13.9. The third kappa shape index (κ3) is 21.2. The van der Waals surface area contributed by atoms with Crippen LogP contribution in [0.1, 0.15) is 105 Å². The Morgan fingerprint density at radius 1 is 0.672 bits per heavy atom. The molecule has 0 radical (unpaired) electrons. The molecule has 0 unspecified atom stereocenters. The van der Waals surface area contributed by atoms with Crippen molar-refractivity contribution >= 4 is 47.4 Å². The number of benzene rings is 1. The van der Waals surface area contributed by atoms with E-state index in [1.54, 1.807) is 27.7 Å². The number of nitrogens with one attached hydrogen (secondary N) is 6. The number of amides is 6. The summed E-state index contributed by atoms with van der Waals surface area (Å²) in [4.78, 5) is 95.8. The topological polar surface area (TPSA) is 323 Å². The van der Waals surface area contributed by atoms with E-state index in [2.05, 4.69) is 43.8 Å². The van der Waals surface area contributed by atoms with Crippen molar-refractivity contribution in [3.05, 3.63) is 35.4 Å². The van der Waals surface area contributed by atoms with Crippen LogP contribution in [0.2, 0.25) is 0 Å². The van der Waals surface area contributed by atoms with Crippen molar-refractivity contribution < 1.29 is 43.8 Å². The molecule has 6 amide bonds. The molecule has 0 heterocycles. The lowest BCUT2D eigenvalue weighted by molar-refractivity contribution is -0.142. The third-order valence-corrected chi connectivity index (χ3v) is 9.78. The molecule has 61 heavy (non-hydrogen) atoms. The molecule has 0 aromatic heterocycles. The maximum absolute atomic E-state index is 13.9. The summed E-state index contributed by atoms with van der Waals surface area (Å²) in [7, 11) is 0. The number of carbonyl (C=O) groups excluding carboxylic acids is 6. The SMILES string of the molecule is CCCCCCc1ccc(C[C@H](NC(=O)[C@@H](NC(=O)[C@@H](NC(=O)[C@@H](N)CO)C(C)C)C(C)C)C(=O)NCC(=O)N[C@@H](CC(C)C)C(=O)N[C@@H](CCCN=C(N)N)C(=O)O)cc1. The molecule has 0 fully saturated rings. The molecule has 0 saturated carbocycles. The van der Waals surface area contributed by atoms with E-state index in [1.165, 1.54) is 0 Å². The van der Waals surface area contributed by atoms with Crippen LogP contribution in [0.15, 0.2) is 29.3 Å². The Labute approximate surface area is 360 Å². The molecule has 0 bridgehead atoms. The van der Waals surface area contributed by atoms with Gasteiger partial charge in [0, 0.05) is 13.0 Å². The number of nitrogens with two attached hydrogens (primary N) is 3. The van der Waals surface area contributed by atoms with Gasteiger partial charge in [0.05, 0.1) is 13.2 Å². The first-order chi connectivity index (χ1) is 28.7. The predicted molar refractivity (Wildman–Crippen MR) is 232 cm³/mol. The van der Waals surface area contributed by atoms with Crippen LogP contribution >= 0.6 is 0 Å². The number of aryl methyl sites for hydroxylation is 1. The Morgan fingerprint density at radius 2 is 1.23 bits per heavy atom. The minimum absolute atomic E-state index is 0.0237. The fraction of sp³-hybridized carbons (Fsp3) is 0.667. The highest BCUT2D eigenvalue weighted by molar-refractivity contribution is 5.96. The number of aliphatic hydroxyl groups excluding tert-OH is 1. The summed E-state index contributed by atoms with van der Waals surface area (Å²) in [5.74, 6) is -6.69. The Morgan fingerprint density at radius 3 is 1.75 bits per heavy atom. The highest BCUT2D eigenvalue weighted by Crippen LogP contribution is 2.13. The monoisotopic (exact) mass is 861 g/mol. The third-order valence-electron chi connectivity index (χ3n) is 9.78. The molecule has 1 aromatic carbocycles. The van der Waals surface area contributed by atoms with E-state index in [1.807, 2.05) is 38.1 Å². The van der Waals surface area contributed by atoms with Gasteiger partial charge in [-0.1, -0.05) is 92.0 Å². The lowest BCUT2D eigenvalue weighted by Crippen LogP contribution is -2.60. The van der Waals surface area contributed by atoms with Gasteiger partial charge in [0.2, 0.25) is 35.4 Å². The van der Waals surface area contributed by atoms with Gasteiger partial charge in [0.15, 0.2) is 5.96 Å². The van der Waals surface area contributed by atoms with Crippen molar-refractivity contribution in [2.75, 3.05) is 19.7 Å². The Balaban J connectivity index is 3.27. The van der Waals surface area contributed by atoms with E-state index < -0.39 is 103 Å².